The zero-order valence-corrected chi connectivity index (χ0v) is 22.3. The van der Waals surface area contributed by atoms with Crippen LogP contribution in [0, 0.1) is 11.3 Å². The Hall–Kier alpha value is -4.56. The van der Waals surface area contributed by atoms with Crippen LogP contribution in [0.25, 0.3) is 0 Å². The van der Waals surface area contributed by atoms with E-state index in [0.717, 1.165) is 28.7 Å². The van der Waals surface area contributed by atoms with E-state index < -0.39 is 17.2 Å². The number of aromatic amines is 1. The first-order chi connectivity index (χ1) is 19.2. The zero-order chi connectivity index (χ0) is 28.4. The van der Waals surface area contributed by atoms with Gasteiger partial charge in [-0.25, -0.2) is 4.98 Å². The molecule has 5 rings (SSSR count). The van der Waals surface area contributed by atoms with Crippen molar-refractivity contribution in [3.63, 3.8) is 0 Å². The van der Waals surface area contributed by atoms with E-state index in [0.29, 0.717) is 49.2 Å². The standard InChI is InChI=1S/C29H32N8O3/c1-17(33-15-25(38)37-10-2-3-22(37)14-30)13-29(28-34-16-35-36-28)23-8-6-20(26(31)39)11-18(23)4-5-19-12-21(27(32)40)7-9-24(19)29/h6-9,11-12,16-17,22,33H,2-5,10,13,15H2,1H3,(H2,31,39)(H2,32,40)(H,34,35,36)/t17-,22-/m0/s1. The van der Waals surface area contributed by atoms with E-state index in [9.17, 15) is 19.6 Å². The van der Waals surface area contributed by atoms with Crippen molar-refractivity contribution in [3.8, 4) is 6.07 Å². The summed E-state index contributed by atoms with van der Waals surface area (Å²) in [5.74, 6) is -0.544. The summed E-state index contributed by atoms with van der Waals surface area (Å²) in [4.78, 5) is 43.3. The van der Waals surface area contributed by atoms with Crippen molar-refractivity contribution in [2.24, 2.45) is 11.5 Å². The molecule has 3 amide bonds. The van der Waals surface area contributed by atoms with Crippen LogP contribution in [0.1, 0.15) is 75.0 Å². The molecule has 11 nitrogen and oxygen atoms in total. The fourth-order valence-corrected chi connectivity index (χ4v) is 6.23. The first kappa shape index (κ1) is 27.0. The fourth-order valence-electron chi connectivity index (χ4n) is 6.23. The highest BCUT2D eigenvalue weighted by Gasteiger charge is 2.45. The summed E-state index contributed by atoms with van der Waals surface area (Å²) in [6.07, 6.45) is 4.65. The number of aromatic nitrogens is 3. The molecule has 6 N–H and O–H groups in total. The van der Waals surface area contributed by atoms with Crippen molar-refractivity contribution >= 4 is 17.7 Å². The third kappa shape index (κ3) is 4.82. The van der Waals surface area contributed by atoms with Crippen LogP contribution in [0.3, 0.4) is 0 Å². The summed E-state index contributed by atoms with van der Waals surface area (Å²) in [5, 5.41) is 20.0. The lowest BCUT2D eigenvalue weighted by molar-refractivity contribution is -0.130. The lowest BCUT2D eigenvalue weighted by atomic mass is 9.67. The molecule has 11 heteroatoms. The van der Waals surface area contributed by atoms with E-state index >= 15 is 0 Å². The van der Waals surface area contributed by atoms with Crippen molar-refractivity contribution in [3.05, 3.63) is 81.9 Å². The number of fused-ring (bicyclic) bond motifs is 2. The van der Waals surface area contributed by atoms with Gasteiger partial charge in [-0.2, -0.15) is 10.4 Å². The van der Waals surface area contributed by atoms with Gasteiger partial charge in [0.2, 0.25) is 17.7 Å². The topological polar surface area (TPSA) is 184 Å². The Labute approximate surface area is 231 Å². The second-order valence-electron chi connectivity index (χ2n) is 10.6. The molecule has 206 valence electrons. The minimum absolute atomic E-state index is 0.0901. The second-order valence-corrected chi connectivity index (χ2v) is 10.6. The van der Waals surface area contributed by atoms with Gasteiger partial charge in [0, 0.05) is 23.7 Å². The van der Waals surface area contributed by atoms with E-state index in [1.54, 1.807) is 17.0 Å². The summed E-state index contributed by atoms with van der Waals surface area (Å²) >= 11 is 0. The quantitative estimate of drug-likeness (QED) is 0.332. The molecule has 0 spiro atoms. The van der Waals surface area contributed by atoms with Crippen molar-refractivity contribution in [2.45, 2.75) is 56.5 Å². The van der Waals surface area contributed by atoms with E-state index in [-0.39, 0.29) is 24.5 Å². The maximum atomic E-state index is 13.0. The first-order valence-electron chi connectivity index (χ1n) is 13.4. The number of hydrogen-bond donors (Lipinski definition) is 4. The number of nitriles is 1. The number of nitrogens with one attached hydrogen (secondary N) is 2. The molecular weight excluding hydrogens is 508 g/mol. The van der Waals surface area contributed by atoms with Crippen molar-refractivity contribution in [1.29, 1.82) is 5.26 Å². The Morgan fingerprint density at radius 2 is 1.75 bits per heavy atom. The maximum Gasteiger partial charge on any atom is 0.248 e. The summed E-state index contributed by atoms with van der Waals surface area (Å²) < 4.78 is 0. The molecule has 0 unspecified atom stereocenters. The molecule has 0 radical (unpaired) electrons. The highest BCUT2D eigenvalue weighted by atomic mass is 16.2. The normalized spacial score (nSPS) is 18.2. The maximum absolute atomic E-state index is 13.0. The minimum Gasteiger partial charge on any atom is -0.366 e. The summed E-state index contributed by atoms with van der Waals surface area (Å²) in [5.41, 5.74) is 14.9. The van der Waals surface area contributed by atoms with Crippen LogP contribution in [-0.2, 0) is 23.1 Å². The highest BCUT2D eigenvalue weighted by molar-refractivity contribution is 5.94. The number of likely N-dealkylation sites (tertiary alicyclic amines) is 1. The molecule has 2 atom stereocenters. The fraction of sp³-hybridized carbons (Fsp3) is 0.379. The summed E-state index contributed by atoms with van der Waals surface area (Å²) in [6, 6.07) is 12.5. The monoisotopic (exact) mass is 540 g/mol. The number of primary amides is 2. The van der Waals surface area contributed by atoms with Crippen LogP contribution in [0.2, 0.25) is 0 Å². The van der Waals surface area contributed by atoms with Crippen molar-refractivity contribution in [1.82, 2.24) is 25.4 Å². The van der Waals surface area contributed by atoms with Gasteiger partial charge in [-0.1, -0.05) is 12.1 Å². The summed E-state index contributed by atoms with van der Waals surface area (Å²) in [7, 11) is 0. The first-order valence-corrected chi connectivity index (χ1v) is 13.4. The summed E-state index contributed by atoms with van der Waals surface area (Å²) in [6.45, 7) is 2.67. The van der Waals surface area contributed by atoms with Crippen LogP contribution in [-0.4, -0.2) is 63.0 Å². The molecule has 40 heavy (non-hydrogen) atoms. The number of hydrogen-bond acceptors (Lipinski definition) is 7. The van der Waals surface area contributed by atoms with Gasteiger partial charge in [-0.3, -0.25) is 19.5 Å². The van der Waals surface area contributed by atoms with Gasteiger partial charge in [-0.05, 0) is 85.5 Å². The predicted molar refractivity (Wildman–Crippen MR) is 146 cm³/mol. The number of amides is 3. The molecule has 1 fully saturated rings. The molecule has 0 saturated carbocycles. The number of nitrogens with two attached hydrogens (primary N) is 2. The number of H-pyrrole nitrogens is 1. The molecule has 3 aromatic rings. The van der Waals surface area contributed by atoms with Gasteiger partial charge < -0.3 is 21.7 Å². The van der Waals surface area contributed by atoms with Crippen molar-refractivity contribution < 1.29 is 14.4 Å². The number of carbonyl (C=O) groups is 3. The van der Waals surface area contributed by atoms with Gasteiger partial charge in [0.1, 0.15) is 18.2 Å². The molecule has 1 saturated heterocycles. The molecule has 1 aliphatic carbocycles. The zero-order valence-electron chi connectivity index (χ0n) is 22.3. The number of nitrogens with zero attached hydrogens (tertiary/aromatic N) is 4. The van der Waals surface area contributed by atoms with E-state index in [4.69, 9.17) is 11.5 Å². The SMILES string of the molecule is C[C@@H](CC1(c2ncn[nH]2)c2ccc(C(N)=O)cc2CCc2cc(C(N)=O)ccc21)NCC(=O)N1CCC[C@H]1C#N. The van der Waals surface area contributed by atoms with Gasteiger partial charge in [0.05, 0.1) is 18.0 Å². The lowest BCUT2D eigenvalue weighted by Crippen LogP contribution is -2.45. The van der Waals surface area contributed by atoms with Crippen LogP contribution >= 0.6 is 0 Å². The molecule has 2 heterocycles. The lowest BCUT2D eigenvalue weighted by Gasteiger charge is -2.37. The van der Waals surface area contributed by atoms with E-state index in [1.165, 1.54) is 6.33 Å². The Bertz CT molecular complexity index is 1430. The van der Waals surface area contributed by atoms with Gasteiger partial charge in [-0.15, -0.1) is 0 Å². The smallest absolute Gasteiger partial charge is 0.248 e. The largest absolute Gasteiger partial charge is 0.366 e. The molecular formula is C29H32N8O3. The number of aryl methyl sites for hydroxylation is 2. The number of carbonyl (C=O) groups excluding carboxylic acids is 3. The van der Waals surface area contributed by atoms with Gasteiger partial charge in [0.25, 0.3) is 0 Å². The Kier molecular flexibility index (Phi) is 7.36. The van der Waals surface area contributed by atoms with E-state index in [1.807, 2.05) is 31.2 Å². The number of rotatable bonds is 8. The van der Waals surface area contributed by atoms with E-state index in [2.05, 4.69) is 26.6 Å². The second kappa shape index (κ2) is 10.9. The molecule has 2 aliphatic rings. The Balaban J connectivity index is 1.58. The molecule has 0 bridgehead atoms. The number of benzene rings is 2. The predicted octanol–water partition coefficient (Wildman–Crippen LogP) is 1.32. The van der Waals surface area contributed by atoms with Crippen LogP contribution in [0.15, 0.2) is 42.7 Å². The van der Waals surface area contributed by atoms with Crippen molar-refractivity contribution in [2.75, 3.05) is 13.1 Å². The molecule has 2 aromatic carbocycles. The average molecular weight is 541 g/mol. The molecule has 1 aliphatic heterocycles. The average Bonchev–Trinajstić information content (AvgIpc) is 3.64. The third-order valence-electron chi connectivity index (χ3n) is 8.12. The third-order valence-corrected chi connectivity index (χ3v) is 8.12. The van der Waals surface area contributed by atoms with Crippen LogP contribution in [0.5, 0.6) is 0 Å². The Morgan fingerprint density at radius 3 is 2.27 bits per heavy atom. The van der Waals surface area contributed by atoms with Crippen LogP contribution < -0.4 is 16.8 Å². The highest BCUT2D eigenvalue weighted by Crippen LogP contribution is 2.47. The van der Waals surface area contributed by atoms with Crippen LogP contribution in [0.4, 0.5) is 0 Å². The van der Waals surface area contributed by atoms with Gasteiger partial charge in [0.15, 0.2) is 0 Å². The minimum atomic E-state index is -0.859. The Morgan fingerprint density at radius 1 is 1.12 bits per heavy atom. The molecule has 1 aromatic heterocycles. The van der Waals surface area contributed by atoms with Gasteiger partial charge >= 0.3 is 0 Å².